The van der Waals surface area contributed by atoms with Gasteiger partial charge in [0.15, 0.2) is 0 Å². The summed E-state index contributed by atoms with van der Waals surface area (Å²) in [6.07, 6.45) is 1.22. The second kappa shape index (κ2) is 7.37. The van der Waals surface area contributed by atoms with Crippen molar-refractivity contribution in [2.75, 3.05) is 19.7 Å². The highest BCUT2D eigenvalue weighted by Crippen LogP contribution is 2.29. The minimum Gasteiger partial charge on any atom is -0.492 e. The third kappa shape index (κ3) is 4.15. The highest BCUT2D eigenvalue weighted by Gasteiger charge is 2.15. The van der Waals surface area contributed by atoms with Gasteiger partial charge in [-0.05, 0) is 52.5 Å². The standard InChI is InChI=1S/C14H20BrNO.ClH/c1-10(2)12-3-4-14(13(15)7-12)17-9-11-5-6-16-8-11;/h3-4,7,10-11,16H,5-6,8-9H2,1-2H3;1H. The van der Waals surface area contributed by atoms with Gasteiger partial charge in [-0.1, -0.05) is 19.9 Å². The molecule has 0 bridgehead atoms. The Bertz CT molecular complexity index is 378. The van der Waals surface area contributed by atoms with Crippen molar-refractivity contribution in [3.63, 3.8) is 0 Å². The van der Waals surface area contributed by atoms with E-state index >= 15 is 0 Å². The predicted molar refractivity (Wildman–Crippen MR) is 82.0 cm³/mol. The topological polar surface area (TPSA) is 21.3 Å². The number of rotatable bonds is 4. The summed E-state index contributed by atoms with van der Waals surface area (Å²) in [7, 11) is 0. The molecule has 0 saturated carbocycles. The number of hydrogen-bond donors (Lipinski definition) is 1. The predicted octanol–water partition coefficient (Wildman–Crippen LogP) is 3.98. The average Bonchev–Trinajstić information content (AvgIpc) is 2.80. The Morgan fingerprint density at radius 3 is 2.78 bits per heavy atom. The Kier molecular flexibility index (Phi) is 6.47. The van der Waals surface area contributed by atoms with Gasteiger partial charge in [-0.15, -0.1) is 12.4 Å². The van der Waals surface area contributed by atoms with Crippen LogP contribution in [0.2, 0.25) is 0 Å². The van der Waals surface area contributed by atoms with Crippen LogP contribution in [0.1, 0.15) is 31.7 Å². The summed E-state index contributed by atoms with van der Waals surface area (Å²) in [5.74, 6) is 2.17. The molecule has 1 atom stereocenters. The van der Waals surface area contributed by atoms with Crippen LogP contribution < -0.4 is 10.1 Å². The molecule has 0 amide bonds. The molecule has 0 spiro atoms. The lowest BCUT2D eigenvalue weighted by atomic mass is 10.0. The highest BCUT2D eigenvalue weighted by atomic mass is 79.9. The number of halogens is 2. The smallest absolute Gasteiger partial charge is 0.133 e. The second-order valence-corrected chi connectivity index (χ2v) is 5.87. The third-order valence-electron chi connectivity index (χ3n) is 3.26. The maximum Gasteiger partial charge on any atom is 0.133 e. The van der Waals surface area contributed by atoms with E-state index in [9.17, 15) is 0 Å². The minimum atomic E-state index is 0. The van der Waals surface area contributed by atoms with Crippen molar-refractivity contribution in [2.24, 2.45) is 5.92 Å². The monoisotopic (exact) mass is 333 g/mol. The summed E-state index contributed by atoms with van der Waals surface area (Å²) in [4.78, 5) is 0. The molecule has 4 heteroatoms. The van der Waals surface area contributed by atoms with Crippen LogP contribution in [0.4, 0.5) is 0 Å². The van der Waals surface area contributed by atoms with Gasteiger partial charge < -0.3 is 10.1 Å². The molecule has 1 fully saturated rings. The molecule has 1 unspecified atom stereocenters. The fourth-order valence-electron chi connectivity index (χ4n) is 2.06. The first kappa shape index (κ1) is 15.8. The summed E-state index contributed by atoms with van der Waals surface area (Å²) in [6.45, 7) is 7.43. The SMILES string of the molecule is CC(C)c1ccc(OCC2CCNC2)c(Br)c1.Cl. The highest BCUT2D eigenvalue weighted by molar-refractivity contribution is 9.10. The maximum absolute atomic E-state index is 5.87. The first-order chi connectivity index (χ1) is 8.16. The Labute approximate surface area is 124 Å². The molecule has 1 aromatic carbocycles. The number of hydrogen-bond acceptors (Lipinski definition) is 2. The third-order valence-corrected chi connectivity index (χ3v) is 3.88. The van der Waals surface area contributed by atoms with Gasteiger partial charge in [-0.25, -0.2) is 0 Å². The van der Waals surface area contributed by atoms with Crippen LogP contribution in [0.25, 0.3) is 0 Å². The molecular formula is C14H21BrClNO. The van der Waals surface area contributed by atoms with Gasteiger partial charge in [0.05, 0.1) is 11.1 Å². The molecule has 102 valence electrons. The van der Waals surface area contributed by atoms with Crippen LogP contribution in [0.15, 0.2) is 22.7 Å². The van der Waals surface area contributed by atoms with E-state index in [0.717, 1.165) is 29.9 Å². The van der Waals surface area contributed by atoms with Crippen molar-refractivity contribution in [3.05, 3.63) is 28.2 Å². The molecule has 0 radical (unpaired) electrons. The fourth-order valence-corrected chi connectivity index (χ4v) is 2.57. The number of ether oxygens (including phenoxy) is 1. The Morgan fingerprint density at radius 2 is 2.22 bits per heavy atom. The molecule has 0 aromatic heterocycles. The van der Waals surface area contributed by atoms with E-state index in [4.69, 9.17) is 4.74 Å². The molecule has 1 aliphatic heterocycles. The molecule has 1 heterocycles. The van der Waals surface area contributed by atoms with E-state index in [2.05, 4.69) is 53.3 Å². The first-order valence-electron chi connectivity index (χ1n) is 6.30. The lowest BCUT2D eigenvalue weighted by molar-refractivity contribution is 0.258. The van der Waals surface area contributed by atoms with E-state index in [1.807, 2.05) is 0 Å². The maximum atomic E-state index is 5.87. The molecule has 1 saturated heterocycles. The van der Waals surface area contributed by atoms with Gasteiger partial charge in [-0.3, -0.25) is 0 Å². The van der Waals surface area contributed by atoms with Gasteiger partial charge in [0.2, 0.25) is 0 Å². The van der Waals surface area contributed by atoms with Crippen molar-refractivity contribution in [2.45, 2.75) is 26.2 Å². The molecule has 0 aliphatic carbocycles. The molecule has 18 heavy (non-hydrogen) atoms. The summed E-state index contributed by atoms with van der Waals surface area (Å²) in [5.41, 5.74) is 1.34. The largest absolute Gasteiger partial charge is 0.492 e. The van der Waals surface area contributed by atoms with Gasteiger partial charge in [0, 0.05) is 12.5 Å². The Balaban J connectivity index is 0.00000162. The Hall–Kier alpha value is -0.250. The van der Waals surface area contributed by atoms with Crippen molar-refractivity contribution < 1.29 is 4.74 Å². The second-order valence-electron chi connectivity index (χ2n) is 5.01. The fraction of sp³-hybridized carbons (Fsp3) is 0.571. The van der Waals surface area contributed by atoms with E-state index < -0.39 is 0 Å². The molecule has 1 aromatic rings. The Morgan fingerprint density at radius 1 is 1.44 bits per heavy atom. The summed E-state index contributed by atoms with van der Waals surface area (Å²) >= 11 is 3.58. The van der Waals surface area contributed by atoms with Crippen molar-refractivity contribution >= 4 is 28.3 Å². The van der Waals surface area contributed by atoms with Gasteiger partial charge in [-0.2, -0.15) is 0 Å². The van der Waals surface area contributed by atoms with Gasteiger partial charge >= 0.3 is 0 Å². The summed E-state index contributed by atoms with van der Waals surface area (Å²) < 4.78 is 6.93. The van der Waals surface area contributed by atoms with Crippen LogP contribution in [-0.4, -0.2) is 19.7 Å². The molecule has 1 aliphatic rings. The molecule has 2 rings (SSSR count). The van der Waals surface area contributed by atoms with Crippen LogP contribution in [0.5, 0.6) is 5.75 Å². The van der Waals surface area contributed by atoms with Crippen LogP contribution >= 0.6 is 28.3 Å². The van der Waals surface area contributed by atoms with E-state index in [1.165, 1.54) is 12.0 Å². The van der Waals surface area contributed by atoms with E-state index in [0.29, 0.717) is 11.8 Å². The molecular weight excluding hydrogens is 314 g/mol. The number of benzene rings is 1. The zero-order valence-corrected chi connectivity index (χ0v) is 13.3. The lowest BCUT2D eigenvalue weighted by Crippen LogP contribution is -2.15. The van der Waals surface area contributed by atoms with Gasteiger partial charge in [0.1, 0.15) is 5.75 Å². The zero-order valence-electron chi connectivity index (χ0n) is 10.9. The van der Waals surface area contributed by atoms with Crippen molar-refractivity contribution in [3.8, 4) is 5.75 Å². The zero-order chi connectivity index (χ0) is 12.3. The van der Waals surface area contributed by atoms with Crippen molar-refractivity contribution in [1.82, 2.24) is 5.32 Å². The van der Waals surface area contributed by atoms with Crippen molar-refractivity contribution in [1.29, 1.82) is 0 Å². The lowest BCUT2D eigenvalue weighted by Gasteiger charge is -2.14. The summed E-state index contributed by atoms with van der Waals surface area (Å²) in [6, 6.07) is 6.38. The van der Waals surface area contributed by atoms with Crippen LogP contribution in [-0.2, 0) is 0 Å². The minimum absolute atomic E-state index is 0. The molecule has 2 nitrogen and oxygen atoms in total. The van der Waals surface area contributed by atoms with Crippen LogP contribution in [0.3, 0.4) is 0 Å². The normalized spacial score (nSPS) is 18.8. The van der Waals surface area contributed by atoms with E-state index in [1.54, 1.807) is 0 Å². The first-order valence-corrected chi connectivity index (χ1v) is 7.09. The van der Waals surface area contributed by atoms with E-state index in [-0.39, 0.29) is 12.4 Å². The average molecular weight is 335 g/mol. The molecule has 1 N–H and O–H groups in total. The quantitative estimate of drug-likeness (QED) is 0.899. The summed E-state index contributed by atoms with van der Waals surface area (Å²) in [5, 5.41) is 3.36. The van der Waals surface area contributed by atoms with Gasteiger partial charge in [0.25, 0.3) is 0 Å². The number of nitrogens with one attached hydrogen (secondary N) is 1. The van der Waals surface area contributed by atoms with Crippen LogP contribution in [0, 0.1) is 5.92 Å².